The van der Waals surface area contributed by atoms with Crippen LogP contribution in [0.1, 0.15) is 51.7 Å². The van der Waals surface area contributed by atoms with Crippen molar-refractivity contribution in [1.29, 1.82) is 0 Å². The van der Waals surface area contributed by atoms with Gasteiger partial charge in [0.25, 0.3) is 0 Å². The Morgan fingerprint density at radius 3 is 2.54 bits per heavy atom. The lowest BCUT2D eigenvalue weighted by Gasteiger charge is -2.11. The van der Waals surface area contributed by atoms with Crippen molar-refractivity contribution in [3.63, 3.8) is 0 Å². The first-order valence-corrected chi connectivity index (χ1v) is 13.8. The Kier molecular flexibility index (Phi) is 9.52. The molecular formula is C29H37ClN6O5. The number of fused-ring (bicyclic) bond motifs is 2. The standard InChI is InChI=1S/C22H24ClN3O4.C7H13N3O/c1-12-18(16-6-5-11-26(16)24-12)19-15(23)9-7-13-14(8-10-17(27)29-3)21(22(28)30-4)25(2)20(13)19;1-8-4-6-3-7(5-11)10(2)9-6/h7,9H,5-6,8,10-11H2,1-4H3;3,8,11H,4-5H2,1-2H3. The van der Waals surface area contributed by atoms with Crippen LogP contribution in [0.3, 0.4) is 0 Å². The molecule has 12 heteroatoms. The first-order valence-electron chi connectivity index (χ1n) is 13.4. The predicted octanol–water partition coefficient (Wildman–Crippen LogP) is 3.47. The second-order valence-corrected chi connectivity index (χ2v) is 10.4. The smallest absolute Gasteiger partial charge is 0.354 e. The predicted molar refractivity (Wildman–Crippen MR) is 156 cm³/mol. The Morgan fingerprint density at radius 2 is 1.90 bits per heavy atom. The molecule has 11 nitrogen and oxygen atoms in total. The summed E-state index contributed by atoms with van der Waals surface area (Å²) < 4.78 is 15.4. The number of methoxy groups -OCH3 is 2. The highest BCUT2D eigenvalue weighted by Gasteiger charge is 2.29. The summed E-state index contributed by atoms with van der Waals surface area (Å²) in [5, 5.41) is 22.1. The van der Waals surface area contributed by atoms with Crippen LogP contribution in [0.4, 0.5) is 0 Å². The number of aliphatic hydroxyl groups excluding tert-OH is 1. The van der Waals surface area contributed by atoms with Crippen LogP contribution in [-0.2, 0) is 60.9 Å². The summed E-state index contributed by atoms with van der Waals surface area (Å²) >= 11 is 6.72. The second-order valence-electron chi connectivity index (χ2n) is 9.95. The largest absolute Gasteiger partial charge is 0.469 e. The number of aryl methyl sites for hydroxylation is 5. The number of esters is 2. The molecule has 5 rings (SSSR count). The zero-order valence-electron chi connectivity index (χ0n) is 24.4. The normalized spacial score (nSPS) is 12.3. The first-order chi connectivity index (χ1) is 19.7. The van der Waals surface area contributed by atoms with Crippen molar-refractivity contribution in [2.24, 2.45) is 14.1 Å². The minimum atomic E-state index is -0.451. The third-order valence-corrected chi connectivity index (χ3v) is 7.72. The lowest BCUT2D eigenvalue weighted by Crippen LogP contribution is -2.11. The molecule has 0 spiro atoms. The minimum absolute atomic E-state index is 0.0488. The average molecular weight is 585 g/mol. The molecule has 0 radical (unpaired) electrons. The third-order valence-electron chi connectivity index (χ3n) is 7.41. The van der Waals surface area contributed by atoms with Gasteiger partial charge in [0.15, 0.2) is 0 Å². The van der Waals surface area contributed by atoms with E-state index in [0.29, 0.717) is 17.1 Å². The second kappa shape index (κ2) is 12.9. The van der Waals surface area contributed by atoms with E-state index >= 15 is 0 Å². The van der Waals surface area contributed by atoms with Crippen LogP contribution in [0.2, 0.25) is 5.02 Å². The number of ether oxygens (including phenoxy) is 2. The summed E-state index contributed by atoms with van der Waals surface area (Å²) in [6.45, 7) is 3.67. The molecule has 2 N–H and O–H groups in total. The van der Waals surface area contributed by atoms with Crippen molar-refractivity contribution >= 4 is 34.4 Å². The summed E-state index contributed by atoms with van der Waals surface area (Å²) in [6.07, 6.45) is 2.51. The molecule has 220 valence electrons. The highest BCUT2D eigenvalue weighted by molar-refractivity contribution is 6.35. The maximum absolute atomic E-state index is 12.7. The molecule has 0 saturated carbocycles. The Balaban J connectivity index is 0.000000296. The highest BCUT2D eigenvalue weighted by Crippen LogP contribution is 2.43. The SMILES string of the molecule is CNCc1cc(CO)n(C)n1.COC(=O)CCc1c(C(=O)OC)n(C)c2c(-c3c(C)nn4c3CCC4)c(Cl)ccc12. The van der Waals surface area contributed by atoms with E-state index in [-0.39, 0.29) is 19.0 Å². The van der Waals surface area contributed by atoms with E-state index in [2.05, 4.69) is 10.4 Å². The van der Waals surface area contributed by atoms with E-state index in [4.69, 9.17) is 31.3 Å². The number of carbonyl (C=O) groups is 2. The van der Waals surface area contributed by atoms with Gasteiger partial charge < -0.3 is 24.5 Å². The summed E-state index contributed by atoms with van der Waals surface area (Å²) in [5.41, 5.74) is 7.79. The monoisotopic (exact) mass is 584 g/mol. The number of halogens is 1. The molecule has 0 unspecified atom stereocenters. The van der Waals surface area contributed by atoms with Gasteiger partial charge in [0.1, 0.15) is 5.69 Å². The third kappa shape index (κ3) is 5.88. The Labute approximate surface area is 244 Å². The van der Waals surface area contributed by atoms with Gasteiger partial charge in [-0.25, -0.2) is 4.79 Å². The Hall–Kier alpha value is -3.67. The van der Waals surface area contributed by atoms with Gasteiger partial charge in [-0.05, 0) is 50.9 Å². The summed E-state index contributed by atoms with van der Waals surface area (Å²) in [6, 6.07) is 5.64. The molecule has 1 aromatic carbocycles. The van der Waals surface area contributed by atoms with E-state index in [9.17, 15) is 9.59 Å². The van der Waals surface area contributed by atoms with Crippen molar-refractivity contribution in [3.8, 4) is 11.1 Å². The van der Waals surface area contributed by atoms with Crippen LogP contribution < -0.4 is 5.32 Å². The number of nitrogens with one attached hydrogen (secondary N) is 1. The molecular weight excluding hydrogens is 548 g/mol. The molecule has 0 fully saturated rings. The quantitative estimate of drug-likeness (QED) is 0.302. The number of benzene rings is 1. The van der Waals surface area contributed by atoms with Gasteiger partial charge in [-0.15, -0.1) is 0 Å². The van der Waals surface area contributed by atoms with Gasteiger partial charge in [0.2, 0.25) is 0 Å². The van der Waals surface area contributed by atoms with E-state index in [0.717, 1.165) is 70.6 Å². The summed E-state index contributed by atoms with van der Waals surface area (Å²) in [4.78, 5) is 24.4. The van der Waals surface area contributed by atoms with Crippen LogP contribution >= 0.6 is 11.6 Å². The van der Waals surface area contributed by atoms with Crippen molar-refractivity contribution in [1.82, 2.24) is 29.4 Å². The molecule has 1 aliphatic rings. The van der Waals surface area contributed by atoms with Crippen LogP contribution in [0.15, 0.2) is 18.2 Å². The molecule has 4 heterocycles. The number of hydrogen-bond acceptors (Lipinski definition) is 8. The molecule has 0 bridgehead atoms. The van der Waals surface area contributed by atoms with Gasteiger partial charge in [-0.2, -0.15) is 10.2 Å². The molecule has 1 aliphatic heterocycles. The van der Waals surface area contributed by atoms with Crippen LogP contribution in [0.5, 0.6) is 0 Å². The minimum Gasteiger partial charge on any atom is -0.469 e. The fraction of sp³-hybridized carbons (Fsp3) is 0.448. The maximum Gasteiger partial charge on any atom is 0.354 e. The number of carbonyl (C=O) groups excluding carboxylic acids is 2. The fourth-order valence-corrected chi connectivity index (χ4v) is 5.80. The van der Waals surface area contributed by atoms with E-state index in [1.165, 1.54) is 19.9 Å². The van der Waals surface area contributed by atoms with Crippen molar-refractivity contribution in [2.45, 2.75) is 52.3 Å². The van der Waals surface area contributed by atoms with Crippen molar-refractivity contribution in [2.75, 3.05) is 21.3 Å². The zero-order valence-corrected chi connectivity index (χ0v) is 25.1. The van der Waals surface area contributed by atoms with Crippen molar-refractivity contribution in [3.05, 3.63) is 57.3 Å². The van der Waals surface area contributed by atoms with E-state index in [1.54, 1.807) is 4.68 Å². The molecule has 0 saturated heterocycles. The average Bonchev–Trinajstić information content (AvgIpc) is 3.70. The lowest BCUT2D eigenvalue weighted by atomic mass is 9.97. The van der Waals surface area contributed by atoms with Crippen LogP contribution in [0, 0.1) is 6.92 Å². The maximum atomic E-state index is 12.7. The Morgan fingerprint density at radius 1 is 1.15 bits per heavy atom. The number of hydrogen-bond donors (Lipinski definition) is 2. The van der Waals surface area contributed by atoms with Crippen molar-refractivity contribution < 1.29 is 24.2 Å². The van der Waals surface area contributed by atoms with Gasteiger partial charge in [0, 0.05) is 55.8 Å². The van der Waals surface area contributed by atoms with Crippen LogP contribution in [0.25, 0.3) is 22.0 Å². The summed E-state index contributed by atoms with van der Waals surface area (Å²) in [5.74, 6) is -0.783. The van der Waals surface area contributed by atoms with Crippen LogP contribution in [-0.4, -0.2) is 62.4 Å². The zero-order chi connectivity index (χ0) is 29.8. The fourth-order valence-electron chi connectivity index (χ4n) is 5.55. The molecule has 41 heavy (non-hydrogen) atoms. The number of aliphatic hydroxyl groups is 1. The highest BCUT2D eigenvalue weighted by atomic mass is 35.5. The number of rotatable bonds is 8. The lowest BCUT2D eigenvalue weighted by molar-refractivity contribution is -0.140. The molecule has 0 aliphatic carbocycles. The summed E-state index contributed by atoms with van der Waals surface area (Å²) in [7, 11) is 8.23. The van der Waals surface area contributed by atoms with Gasteiger partial charge in [-0.3, -0.25) is 14.2 Å². The van der Waals surface area contributed by atoms with Gasteiger partial charge in [0.05, 0.1) is 48.4 Å². The van der Waals surface area contributed by atoms with E-state index < -0.39 is 5.97 Å². The first kappa shape index (κ1) is 30.3. The number of nitrogens with zero attached hydrogens (tertiary/aromatic N) is 5. The van der Waals surface area contributed by atoms with Gasteiger partial charge >= 0.3 is 11.9 Å². The molecule has 0 amide bonds. The van der Waals surface area contributed by atoms with E-state index in [1.807, 2.05) is 55.5 Å². The molecule has 3 aromatic heterocycles. The van der Waals surface area contributed by atoms with Gasteiger partial charge in [-0.1, -0.05) is 17.7 Å². The molecule has 4 aromatic rings. The molecule has 0 atom stereocenters. The number of aromatic nitrogens is 5. The Bertz CT molecular complexity index is 1580. The topological polar surface area (TPSA) is 125 Å².